The summed E-state index contributed by atoms with van der Waals surface area (Å²) in [6.07, 6.45) is 0. The first-order chi connectivity index (χ1) is 15.2. The second kappa shape index (κ2) is 11.1. The Bertz CT molecular complexity index is 827. The molecule has 0 radical (unpaired) electrons. The Hall–Kier alpha value is -2.64. The molecule has 1 aliphatic rings. The lowest BCUT2D eigenvalue weighted by molar-refractivity contribution is 0.197. The molecule has 1 N–H and O–H groups in total. The molecule has 3 rings (SSSR count). The average molecular weight is 431 g/mol. The van der Waals surface area contributed by atoms with Crippen LogP contribution in [0, 0.1) is 0 Å². The number of hydrogen-bond donors (Lipinski definition) is 1. The lowest BCUT2D eigenvalue weighted by atomic mass is 9.95. The quantitative estimate of drug-likeness (QED) is 0.619. The van der Waals surface area contributed by atoms with Gasteiger partial charge in [-0.3, -0.25) is 4.90 Å². The first-order valence-corrected chi connectivity index (χ1v) is 10.8. The summed E-state index contributed by atoms with van der Waals surface area (Å²) in [6.45, 7) is 8.86. The lowest BCUT2D eigenvalue weighted by Crippen LogP contribution is -2.45. The molecule has 0 spiro atoms. The van der Waals surface area contributed by atoms with Crippen molar-refractivity contribution >= 4 is 0 Å². The third-order valence-electron chi connectivity index (χ3n) is 5.40. The topological polar surface area (TPSA) is 61.4 Å². The molecule has 7 heteroatoms. The van der Waals surface area contributed by atoms with Crippen molar-refractivity contribution in [3.05, 3.63) is 41.5 Å². The highest BCUT2D eigenvalue weighted by Gasteiger charge is 2.27. The van der Waals surface area contributed by atoms with Crippen LogP contribution < -0.4 is 29.0 Å². The van der Waals surface area contributed by atoms with Gasteiger partial charge in [0.25, 0.3) is 0 Å². The maximum Gasteiger partial charge on any atom is 0.203 e. The van der Waals surface area contributed by atoms with E-state index in [4.69, 9.17) is 23.7 Å². The van der Waals surface area contributed by atoms with Crippen LogP contribution in [0.2, 0.25) is 0 Å². The third-order valence-corrected chi connectivity index (χ3v) is 5.40. The van der Waals surface area contributed by atoms with Gasteiger partial charge in [-0.1, -0.05) is 6.07 Å². The molecule has 0 amide bonds. The molecule has 7 nitrogen and oxygen atoms in total. The van der Waals surface area contributed by atoms with Crippen LogP contribution in [0.1, 0.15) is 31.0 Å². The summed E-state index contributed by atoms with van der Waals surface area (Å²) < 4.78 is 28.5. The van der Waals surface area contributed by atoms with Gasteiger partial charge in [0.2, 0.25) is 5.75 Å². The van der Waals surface area contributed by atoms with E-state index in [2.05, 4.69) is 22.3 Å². The molecule has 0 saturated carbocycles. The largest absolute Gasteiger partial charge is 0.493 e. The fraction of sp³-hybridized carbons (Fsp3) is 0.500. The van der Waals surface area contributed by atoms with E-state index in [9.17, 15) is 0 Å². The molecular formula is C24H34N2O5. The molecule has 0 aliphatic carbocycles. The fourth-order valence-electron chi connectivity index (χ4n) is 4.05. The SMILES string of the molecule is CCOc1ccc(C(c2cc(OC)c(OC)c(OC)c2)N2CCNCC2)cc1OCC. The Morgan fingerprint density at radius 1 is 0.774 bits per heavy atom. The van der Waals surface area contributed by atoms with Crippen LogP contribution in [0.3, 0.4) is 0 Å². The predicted molar refractivity (Wildman–Crippen MR) is 121 cm³/mol. The Morgan fingerprint density at radius 2 is 1.35 bits per heavy atom. The Morgan fingerprint density at radius 3 is 1.90 bits per heavy atom. The van der Waals surface area contributed by atoms with Crippen molar-refractivity contribution in [1.82, 2.24) is 10.2 Å². The molecule has 2 aromatic rings. The van der Waals surface area contributed by atoms with Crippen molar-refractivity contribution in [1.29, 1.82) is 0 Å². The molecular weight excluding hydrogens is 396 g/mol. The number of hydrogen-bond acceptors (Lipinski definition) is 7. The van der Waals surface area contributed by atoms with Crippen LogP contribution >= 0.6 is 0 Å². The van der Waals surface area contributed by atoms with Crippen molar-refractivity contribution in [3.8, 4) is 28.7 Å². The van der Waals surface area contributed by atoms with Crippen LogP contribution in [-0.2, 0) is 0 Å². The van der Waals surface area contributed by atoms with Crippen molar-refractivity contribution in [2.75, 3.05) is 60.7 Å². The second-order valence-corrected chi connectivity index (χ2v) is 7.22. The van der Waals surface area contributed by atoms with E-state index in [0.717, 1.165) is 48.8 Å². The maximum absolute atomic E-state index is 5.90. The zero-order valence-corrected chi connectivity index (χ0v) is 19.2. The summed E-state index contributed by atoms with van der Waals surface area (Å²) in [6, 6.07) is 10.3. The number of benzene rings is 2. The number of nitrogens with zero attached hydrogens (tertiary/aromatic N) is 1. The van der Waals surface area contributed by atoms with E-state index < -0.39 is 0 Å². The molecule has 170 valence electrons. The fourth-order valence-corrected chi connectivity index (χ4v) is 4.05. The summed E-state index contributed by atoms with van der Waals surface area (Å²) in [4.78, 5) is 2.46. The summed E-state index contributed by atoms with van der Waals surface area (Å²) in [5.74, 6) is 3.40. The van der Waals surface area contributed by atoms with Gasteiger partial charge in [0.05, 0.1) is 40.6 Å². The average Bonchev–Trinajstić information content (AvgIpc) is 2.81. The van der Waals surface area contributed by atoms with Gasteiger partial charge >= 0.3 is 0 Å². The van der Waals surface area contributed by atoms with Gasteiger partial charge in [0.1, 0.15) is 0 Å². The zero-order chi connectivity index (χ0) is 22.2. The van der Waals surface area contributed by atoms with Gasteiger partial charge in [0, 0.05) is 26.2 Å². The molecule has 1 aliphatic heterocycles. The number of rotatable bonds is 10. The molecule has 1 unspecified atom stereocenters. The summed E-state index contributed by atoms with van der Waals surface area (Å²) in [5, 5.41) is 3.44. The number of piperazine rings is 1. The summed E-state index contributed by atoms with van der Waals surface area (Å²) >= 11 is 0. The van der Waals surface area contributed by atoms with Crippen LogP contribution in [0.25, 0.3) is 0 Å². The first-order valence-electron chi connectivity index (χ1n) is 10.8. The normalized spacial score (nSPS) is 15.3. The van der Waals surface area contributed by atoms with Gasteiger partial charge in [-0.25, -0.2) is 0 Å². The third kappa shape index (κ3) is 5.17. The minimum absolute atomic E-state index is 0.00527. The molecule has 2 aromatic carbocycles. The molecule has 1 fully saturated rings. The highest BCUT2D eigenvalue weighted by molar-refractivity contribution is 5.56. The van der Waals surface area contributed by atoms with Crippen LogP contribution in [0.5, 0.6) is 28.7 Å². The summed E-state index contributed by atoms with van der Waals surface area (Å²) in [7, 11) is 4.91. The maximum atomic E-state index is 5.90. The molecule has 31 heavy (non-hydrogen) atoms. The van der Waals surface area contributed by atoms with Crippen molar-refractivity contribution in [3.63, 3.8) is 0 Å². The van der Waals surface area contributed by atoms with E-state index >= 15 is 0 Å². The van der Waals surface area contributed by atoms with Crippen LogP contribution in [0.15, 0.2) is 30.3 Å². The van der Waals surface area contributed by atoms with E-state index in [-0.39, 0.29) is 6.04 Å². The molecule has 1 heterocycles. The Kier molecular flexibility index (Phi) is 8.26. The second-order valence-electron chi connectivity index (χ2n) is 7.22. The van der Waals surface area contributed by atoms with E-state index in [1.54, 1.807) is 21.3 Å². The predicted octanol–water partition coefficient (Wildman–Crippen LogP) is 3.50. The number of methoxy groups -OCH3 is 3. The van der Waals surface area contributed by atoms with Crippen LogP contribution in [0.4, 0.5) is 0 Å². The van der Waals surface area contributed by atoms with Gasteiger partial charge < -0.3 is 29.0 Å². The molecule has 1 saturated heterocycles. The highest BCUT2D eigenvalue weighted by Crippen LogP contribution is 2.43. The van der Waals surface area contributed by atoms with Crippen molar-refractivity contribution in [2.24, 2.45) is 0 Å². The minimum atomic E-state index is 0.00527. The standard InChI is InChI=1S/C24H34N2O5/c1-6-30-19-9-8-17(14-20(19)31-7-2)23(26-12-10-25-11-13-26)18-15-21(27-3)24(29-5)22(16-18)28-4/h8-9,14-16,23,25H,6-7,10-13H2,1-5H3. The Labute approximate surface area is 185 Å². The van der Waals surface area contributed by atoms with Gasteiger partial charge in [-0.2, -0.15) is 0 Å². The molecule has 1 atom stereocenters. The van der Waals surface area contributed by atoms with Crippen molar-refractivity contribution < 1.29 is 23.7 Å². The summed E-state index contributed by atoms with van der Waals surface area (Å²) in [5.41, 5.74) is 2.20. The van der Waals surface area contributed by atoms with Gasteiger partial charge in [-0.05, 0) is 49.2 Å². The van der Waals surface area contributed by atoms with E-state index in [1.165, 1.54) is 0 Å². The molecule has 0 bridgehead atoms. The van der Waals surface area contributed by atoms with Gasteiger partial charge in [-0.15, -0.1) is 0 Å². The monoisotopic (exact) mass is 430 g/mol. The Balaban J connectivity index is 2.13. The first kappa shape index (κ1) is 23.0. The molecule has 0 aromatic heterocycles. The highest BCUT2D eigenvalue weighted by atomic mass is 16.5. The van der Waals surface area contributed by atoms with Crippen molar-refractivity contribution in [2.45, 2.75) is 19.9 Å². The zero-order valence-electron chi connectivity index (χ0n) is 19.2. The number of nitrogens with one attached hydrogen (secondary N) is 1. The smallest absolute Gasteiger partial charge is 0.203 e. The lowest BCUT2D eigenvalue weighted by Gasteiger charge is -2.36. The van der Waals surface area contributed by atoms with E-state index in [1.807, 2.05) is 32.0 Å². The van der Waals surface area contributed by atoms with Crippen LogP contribution in [-0.4, -0.2) is 65.6 Å². The number of ether oxygens (including phenoxy) is 5. The minimum Gasteiger partial charge on any atom is -0.493 e. The van der Waals surface area contributed by atoms with Gasteiger partial charge in [0.15, 0.2) is 23.0 Å². The van der Waals surface area contributed by atoms with E-state index in [0.29, 0.717) is 30.5 Å².